The Morgan fingerprint density at radius 2 is 2.00 bits per heavy atom. The number of carboxylic acids is 1. The van der Waals surface area contributed by atoms with Crippen molar-refractivity contribution in [3.63, 3.8) is 0 Å². The van der Waals surface area contributed by atoms with Crippen LogP contribution in [0.1, 0.15) is 26.3 Å². The second-order valence-electron chi connectivity index (χ2n) is 5.29. The number of alkyl carbamates (subject to hydrolysis) is 1. The summed E-state index contributed by atoms with van der Waals surface area (Å²) in [6.45, 7) is 4.58. The Kier molecular flexibility index (Phi) is 5.52. The van der Waals surface area contributed by atoms with Crippen LogP contribution in [0.25, 0.3) is 0 Å². The van der Waals surface area contributed by atoms with Gasteiger partial charge in [-0.25, -0.2) is 14.0 Å². The molecule has 1 aromatic rings. The summed E-state index contributed by atoms with van der Waals surface area (Å²) in [7, 11) is 0. The number of rotatable bonds is 5. The molecule has 21 heavy (non-hydrogen) atoms. The van der Waals surface area contributed by atoms with Gasteiger partial charge in [-0.15, -0.1) is 0 Å². The molecule has 0 aliphatic heterocycles. The zero-order valence-electron chi connectivity index (χ0n) is 12.1. The molecular formula is C14H18FNO5. The van der Waals surface area contributed by atoms with Gasteiger partial charge in [-0.1, -0.05) is 6.07 Å². The summed E-state index contributed by atoms with van der Waals surface area (Å²) in [5, 5.41) is 10.9. The van der Waals surface area contributed by atoms with Crippen molar-refractivity contribution in [2.75, 3.05) is 6.61 Å². The lowest BCUT2D eigenvalue weighted by Crippen LogP contribution is -2.32. The van der Waals surface area contributed by atoms with E-state index in [4.69, 9.17) is 14.6 Å². The Hall–Kier alpha value is -2.31. The average Bonchev–Trinajstić information content (AvgIpc) is 2.33. The van der Waals surface area contributed by atoms with Crippen LogP contribution < -0.4 is 10.1 Å². The SMILES string of the molecule is CC(C)(C)OC(=O)NCc1ccc(OCC(=O)O)cc1F. The van der Waals surface area contributed by atoms with Crippen molar-refractivity contribution in [3.8, 4) is 5.75 Å². The number of hydrogen-bond acceptors (Lipinski definition) is 4. The van der Waals surface area contributed by atoms with Crippen LogP contribution in [0.3, 0.4) is 0 Å². The monoisotopic (exact) mass is 299 g/mol. The van der Waals surface area contributed by atoms with Crippen molar-refractivity contribution in [1.29, 1.82) is 0 Å². The van der Waals surface area contributed by atoms with Gasteiger partial charge >= 0.3 is 12.1 Å². The average molecular weight is 299 g/mol. The molecule has 0 fully saturated rings. The molecule has 0 bridgehead atoms. The maximum atomic E-state index is 13.7. The molecule has 0 aliphatic rings. The van der Waals surface area contributed by atoms with Crippen molar-refractivity contribution >= 4 is 12.1 Å². The van der Waals surface area contributed by atoms with E-state index in [0.717, 1.165) is 6.07 Å². The number of carbonyl (C=O) groups excluding carboxylic acids is 1. The van der Waals surface area contributed by atoms with E-state index in [-0.39, 0.29) is 17.9 Å². The number of benzene rings is 1. The summed E-state index contributed by atoms with van der Waals surface area (Å²) in [6.07, 6.45) is -0.645. The highest BCUT2D eigenvalue weighted by atomic mass is 19.1. The minimum atomic E-state index is -1.15. The first-order valence-corrected chi connectivity index (χ1v) is 6.27. The van der Waals surface area contributed by atoms with Crippen LogP contribution in [-0.2, 0) is 16.1 Å². The normalized spacial score (nSPS) is 10.9. The van der Waals surface area contributed by atoms with Crippen LogP contribution in [0.15, 0.2) is 18.2 Å². The van der Waals surface area contributed by atoms with Gasteiger partial charge in [-0.2, -0.15) is 0 Å². The lowest BCUT2D eigenvalue weighted by atomic mass is 10.2. The molecule has 0 radical (unpaired) electrons. The third-order valence-electron chi connectivity index (χ3n) is 2.21. The van der Waals surface area contributed by atoms with Crippen LogP contribution >= 0.6 is 0 Å². The molecule has 2 N–H and O–H groups in total. The molecule has 0 aromatic heterocycles. The fourth-order valence-electron chi connectivity index (χ4n) is 1.39. The molecule has 1 amide bonds. The number of hydrogen-bond donors (Lipinski definition) is 2. The Balaban J connectivity index is 2.57. The Bertz CT molecular complexity index is 525. The highest BCUT2D eigenvalue weighted by Crippen LogP contribution is 2.17. The van der Waals surface area contributed by atoms with E-state index in [1.165, 1.54) is 12.1 Å². The lowest BCUT2D eigenvalue weighted by Gasteiger charge is -2.19. The van der Waals surface area contributed by atoms with Gasteiger partial charge in [0.15, 0.2) is 6.61 Å². The largest absolute Gasteiger partial charge is 0.482 e. The number of nitrogens with one attached hydrogen (secondary N) is 1. The standard InChI is InChI=1S/C14H18FNO5/c1-14(2,3)21-13(19)16-7-9-4-5-10(6-11(9)15)20-8-12(17)18/h4-6H,7-8H2,1-3H3,(H,16,19)(H,17,18). The van der Waals surface area contributed by atoms with Crippen LogP contribution in [-0.4, -0.2) is 29.4 Å². The van der Waals surface area contributed by atoms with Crippen molar-refractivity contribution in [2.24, 2.45) is 0 Å². The van der Waals surface area contributed by atoms with Gasteiger partial charge in [-0.05, 0) is 26.8 Å². The molecule has 0 unspecified atom stereocenters. The summed E-state index contributed by atoms with van der Waals surface area (Å²) >= 11 is 0. The maximum absolute atomic E-state index is 13.7. The summed E-state index contributed by atoms with van der Waals surface area (Å²) in [5.74, 6) is -1.64. The molecule has 0 saturated carbocycles. The minimum absolute atomic E-state index is 0.0417. The molecule has 0 atom stereocenters. The third-order valence-corrected chi connectivity index (χ3v) is 2.21. The molecule has 1 aromatic carbocycles. The zero-order valence-corrected chi connectivity index (χ0v) is 12.1. The predicted molar refractivity (Wildman–Crippen MR) is 72.6 cm³/mol. The quantitative estimate of drug-likeness (QED) is 0.871. The second-order valence-corrected chi connectivity index (χ2v) is 5.29. The van der Waals surface area contributed by atoms with Gasteiger partial charge in [0.05, 0.1) is 0 Å². The first kappa shape index (κ1) is 16.7. The Labute approximate surface area is 121 Å². The fraction of sp³-hybridized carbons (Fsp3) is 0.429. The molecule has 1 rings (SSSR count). The minimum Gasteiger partial charge on any atom is -0.482 e. The van der Waals surface area contributed by atoms with E-state index < -0.39 is 30.1 Å². The summed E-state index contributed by atoms with van der Waals surface area (Å²) in [5.41, 5.74) is -0.388. The van der Waals surface area contributed by atoms with E-state index in [1.54, 1.807) is 20.8 Å². The fourth-order valence-corrected chi connectivity index (χ4v) is 1.39. The van der Waals surface area contributed by atoms with Gasteiger partial charge in [0, 0.05) is 18.2 Å². The van der Waals surface area contributed by atoms with E-state index >= 15 is 0 Å². The first-order valence-electron chi connectivity index (χ1n) is 6.27. The summed E-state index contributed by atoms with van der Waals surface area (Å²) < 4.78 is 23.6. The molecule has 6 nitrogen and oxygen atoms in total. The Morgan fingerprint density at radius 1 is 1.33 bits per heavy atom. The zero-order chi connectivity index (χ0) is 16.0. The number of amides is 1. The topological polar surface area (TPSA) is 84.9 Å². The van der Waals surface area contributed by atoms with E-state index in [1.807, 2.05) is 0 Å². The maximum Gasteiger partial charge on any atom is 0.407 e. The van der Waals surface area contributed by atoms with Crippen molar-refractivity contribution in [1.82, 2.24) is 5.32 Å². The molecular weight excluding hydrogens is 281 g/mol. The molecule has 0 spiro atoms. The van der Waals surface area contributed by atoms with Crippen LogP contribution in [0.2, 0.25) is 0 Å². The van der Waals surface area contributed by atoms with Gasteiger partial charge in [0.25, 0.3) is 0 Å². The summed E-state index contributed by atoms with van der Waals surface area (Å²) in [4.78, 5) is 21.8. The third kappa shape index (κ3) is 6.60. The molecule has 116 valence electrons. The lowest BCUT2D eigenvalue weighted by molar-refractivity contribution is -0.139. The highest BCUT2D eigenvalue weighted by Gasteiger charge is 2.16. The van der Waals surface area contributed by atoms with Crippen molar-refractivity contribution in [2.45, 2.75) is 32.9 Å². The van der Waals surface area contributed by atoms with E-state index in [0.29, 0.717) is 0 Å². The number of ether oxygens (including phenoxy) is 2. The van der Waals surface area contributed by atoms with Crippen molar-refractivity contribution in [3.05, 3.63) is 29.6 Å². The number of carbonyl (C=O) groups is 2. The van der Waals surface area contributed by atoms with Crippen LogP contribution in [0.5, 0.6) is 5.75 Å². The number of halogens is 1. The van der Waals surface area contributed by atoms with Gasteiger partial charge in [0.2, 0.25) is 0 Å². The molecule has 0 saturated heterocycles. The van der Waals surface area contributed by atoms with Gasteiger partial charge < -0.3 is 19.9 Å². The van der Waals surface area contributed by atoms with Gasteiger partial charge in [0.1, 0.15) is 17.2 Å². The number of carboxylic acid groups (broad SMARTS) is 1. The van der Waals surface area contributed by atoms with Gasteiger partial charge in [-0.3, -0.25) is 0 Å². The summed E-state index contributed by atoms with van der Waals surface area (Å²) in [6, 6.07) is 3.90. The smallest absolute Gasteiger partial charge is 0.407 e. The molecule has 0 heterocycles. The van der Waals surface area contributed by atoms with Crippen molar-refractivity contribution < 1.29 is 28.6 Å². The number of aliphatic carboxylic acids is 1. The molecule has 7 heteroatoms. The van der Waals surface area contributed by atoms with E-state index in [9.17, 15) is 14.0 Å². The van der Waals surface area contributed by atoms with Crippen LogP contribution in [0, 0.1) is 5.82 Å². The second kappa shape index (κ2) is 6.92. The molecule has 0 aliphatic carbocycles. The highest BCUT2D eigenvalue weighted by molar-refractivity contribution is 5.68. The predicted octanol–water partition coefficient (Wildman–Crippen LogP) is 2.31. The first-order chi connectivity index (χ1) is 9.67. The Morgan fingerprint density at radius 3 is 2.52 bits per heavy atom. The van der Waals surface area contributed by atoms with E-state index in [2.05, 4.69) is 5.32 Å². The van der Waals surface area contributed by atoms with Crippen LogP contribution in [0.4, 0.5) is 9.18 Å².